The number of nitrogens with zero attached hydrogens (tertiary/aromatic N) is 6. The summed E-state index contributed by atoms with van der Waals surface area (Å²) in [5.74, 6) is 1.02. The Kier molecular flexibility index (Phi) is 5.65. The SMILES string of the molecule is N#Cc1cccc(-n2nnc(C3CCCCN3C(=O)C3CCCCCC3)n2)c1. The van der Waals surface area contributed by atoms with Gasteiger partial charge in [0.25, 0.3) is 0 Å². The minimum Gasteiger partial charge on any atom is -0.332 e. The van der Waals surface area contributed by atoms with Crippen molar-refractivity contribution in [3.05, 3.63) is 35.7 Å². The number of carbonyl (C=O) groups is 1. The molecule has 146 valence electrons. The third-order valence-corrected chi connectivity index (χ3v) is 5.92. The normalized spacial score (nSPS) is 21.1. The predicted molar refractivity (Wildman–Crippen MR) is 103 cm³/mol. The minimum atomic E-state index is -0.0996. The lowest BCUT2D eigenvalue weighted by atomic mass is 9.94. The zero-order valence-electron chi connectivity index (χ0n) is 16.1. The van der Waals surface area contributed by atoms with Crippen molar-refractivity contribution in [2.45, 2.75) is 63.8 Å². The standard InChI is InChI=1S/C21H26N6O/c22-15-16-8-7-11-18(14-16)27-24-20(23-25-27)19-12-5-6-13-26(19)21(28)17-9-3-1-2-4-10-17/h7-8,11,14,17,19H,1-6,9-10,12-13H2. The molecule has 1 unspecified atom stereocenters. The van der Waals surface area contributed by atoms with Gasteiger partial charge in [0, 0.05) is 12.5 Å². The first-order chi connectivity index (χ1) is 13.8. The molecule has 2 heterocycles. The van der Waals surface area contributed by atoms with E-state index < -0.39 is 0 Å². The van der Waals surface area contributed by atoms with Gasteiger partial charge in [-0.3, -0.25) is 4.79 Å². The number of benzene rings is 1. The fourth-order valence-corrected chi connectivity index (χ4v) is 4.39. The van der Waals surface area contributed by atoms with Crippen LogP contribution in [0, 0.1) is 17.2 Å². The number of amides is 1. The lowest BCUT2D eigenvalue weighted by Gasteiger charge is -2.36. The largest absolute Gasteiger partial charge is 0.332 e. The van der Waals surface area contributed by atoms with Gasteiger partial charge in [0.05, 0.1) is 23.4 Å². The van der Waals surface area contributed by atoms with Crippen LogP contribution in [0.2, 0.25) is 0 Å². The maximum absolute atomic E-state index is 13.3. The molecule has 0 radical (unpaired) electrons. The van der Waals surface area contributed by atoms with Crippen LogP contribution in [-0.4, -0.2) is 37.6 Å². The summed E-state index contributed by atoms with van der Waals surface area (Å²) in [4.78, 5) is 16.7. The Hall–Kier alpha value is -2.75. The number of tetrazole rings is 1. The van der Waals surface area contributed by atoms with Crippen LogP contribution in [0.3, 0.4) is 0 Å². The molecule has 1 amide bonds. The van der Waals surface area contributed by atoms with E-state index in [-0.39, 0.29) is 17.9 Å². The van der Waals surface area contributed by atoms with Gasteiger partial charge in [-0.25, -0.2) is 0 Å². The second-order valence-corrected chi connectivity index (χ2v) is 7.83. The van der Waals surface area contributed by atoms with Crippen molar-refractivity contribution in [1.29, 1.82) is 5.26 Å². The van der Waals surface area contributed by atoms with Crippen molar-refractivity contribution in [1.82, 2.24) is 25.1 Å². The highest BCUT2D eigenvalue weighted by molar-refractivity contribution is 5.79. The minimum absolute atomic E-state index is 0.0996. The fraction of sp³-hybridized carbons (Fsp3) is 0.571. The van der Waals surface area contributed by atoms with E-state index in [4.69, 9.17) is 5.26 Å². The summed E-state index contributed by atoms with van der Waals surface area (Å²) >= 11 is 0. The number of carbonyl (C=O) groups excluding carboxylic acids is 1. The van der Waals surface area contributed by atoms with Crippen LogP contribution in [0.5, 0.6) is 0 Å². The molecule has 28 heavy (non-hydrogen) atoms. The smallest absolute Gasteiger partial charge is 0.226 e. The number of hydrogen-bond donors (Lipinski definition) is 0. The fourth-order valence-electron chi connectivity index (χ4n) is 4.39. The third-order valence-electron chi connectivity index (χ3n) is 5.92. The zero-order valence-corrected chi connectivity index (χ0v) is 16.1. The summed E-state index contributed by atoms with van der Waals surface area (Å²) in [6, 6.07) is 9.17. The number of hydrogen-bond acceptors (Lipinski definition) is 5. The summed E-state index contributed by atoms with van der Waals surface area (Å²) in [7, 11) is 0. The first kappa shape index (κ1) is 18.6. The van der Waals surface area contributed by atoms with Gasteiger partial charge in [0.15, 0.2) is 5.82 Å². The molecule has 4 rings (SSSR count). The molecule has 1 atom stereocenters. The maximum atomic E-state index is 13.3. The molecule has 7 heteroatoms. The Labute approximate surface area is 165 Å². The Morgan fingerprint density at radius 1 is 1.07 bits per heavy atom. The summed E-state index contributed by atoms with van der Waals surface area (Å²) < 4.78 is 0. The van der Waals surface area contributed by atoms with E-state index in [9.17, 15) is 4.79 Å². The topological polar surface area (TPSA) is 87.7 Å². The molecule has 0 spiro atoms. The van der Waals surface area contributed by atoms with Gasteiger partial charge < -0.3 is 4.90 Å². The Bertz CT molecular complexity index is 862. The van der Waals surface area contributed by atoms with E-state index in [1.807, 2.05) is 11.0 Å². The highest BCUT2D eigenvalue weighted by Crippen LogP contribution is 2.33. The second-order valence-electron chi connectivity index (χ2n) is 7.83. The predicted octanol–water partition coefficient (Wildman–Crippen LogP) is 3.56. The van der Waals surface area contributed by atoms with E-state index in [2.05, 4.69) is 21.5 Å². The third kappa shape index (κ3) is 3.91. The number of nitriles is 1. The van der Waals surface area contributed by atoms with Crippen LogP contribution >= 0.6 is 0 Å². The summed E-state index contributed by atoms with van der Waals surface area (Å²) in [5.41, 5.74) is 1.26. The zero-order chi connectivity index (χ0) is 19.3. The Balaban J connectivity index is 1.55. The van der Waals surface area contributed by atoms with Crippen LogP contribution in [0.25, 0.3) is 5.69 Å². The van der Waals surface area contributed by atoms with Crippen molar-refractivity contribution >= 4 is 5.91 Å². The van der Waals surface area contributed by atoms with Crippen molar-refractivity contribution in [3.63, 3.8) is 0 Å². The summed E-state index contributed by atoms with van der Waals surface area (Å²) in [5, 5.41) is 22.1. The summed E-state index contributed by atoms with van der Waals surface area (Å²) in [6.07, 6.45) is 9.77. The monoisotopic (exact) mass is 378 g/mol. The van der Waals surface area contributed by atoms with Crippen molar-refractivity contribution in [2.24, 2.45) is 5.92 Å². The molecule has 7 nitrogen and oxygen atoms in total. The first-order valence-electron chi connectivity index (χ1n) is 10.4. The lowest BCUT2D eigenvalue weighted by Crippen LogP contribution is -2.42. The molecular formula is C21H26N6O. The number of likely N-dealkylation sites (tertiary alicyclic amines) is 1. The van der Waals surface area contributed by atoms with E-state index in [1.54, 1.807) is 18.2 Å². The Morgan fingerprint density at radius 2 is 1.86 bits per heavy atom. The van der Waals surface area contributed by atoms with Crippen molar-refractivity contribution in [2.75, 3.05) is 6.54 Å². The van der Waals surface area contributed by atoms with Crippen LogP contribution in [0.1, 0.15) is 75.2 Å². The lowest BCUT2D eigenvalue weighted by molar-refractivity contribution is -0.140. The highest BCUT2D eigenvalue weighted by atomic mass is 16.2. The molecular weight excluding hydrogens is 352 g/mol. The van der Waals surface area contributed by atoms with Gasteiger partial charge >= 0.3 is 0 Å². The van der Waals surface area contributed by atoms with E-state index in [1.165, 1.54) is 17.6 Å². The molecule has 1 aliphatic carbocycles. The van der Waals surface area contributed by atoms with Crippen molar-refractivity contribution in [3.8, 4) is 11.8 Å². The molecule has 1 aliphatic heterocycles. The van der Waals surface area contributed by atoms with Crippen molar-refractivity contribution < 1.29 is 4.79 Å². The van der Waals surface area contributed by atoms with Gasteiger partial charge in [0.1, 0.15) is 0 Å². The molecule has 2 fully saturated rings. The van der Waals surface area contributed by atoms with E-state index >= 15 is 0 Å². The molecule has 0 N–H and O–H groups in total. The van der Waals surface area contributed by atoms with Gasteiger partial charge in [-0.1, -0.05) is 31.7 Å². The quantitative estimate of drug-likeness (QED) is 0.762. The Morgan fingerprint density at radius 3 is 2.64 bits per heavy atom. The summed E-state index contributed by atoms with van der Waals surface area (Å²) in [6.45, 7) is 0.776. The molecule has 1 aromatic heterocycles. The average molecular weight is 378 g/mol. The van der Waals surface area contributed by atoms with Crippen LogP contribution in [0.15, 0.2) is 24.3 Å². The molecule has 2 aliphatic rings. The van der Waals surface area contributed by atoms with E-state index in [0.717, 1.165) is 51.5 Å². The highest BCUT2D eigenvalue weighted by Gasteiger charge is 2.34. The van der Waals surface area contributed by atoms with Gasteiger partial charge in [-0.2, -0.15) is 5.26 Å². The van der Waals surface area contributed by atoms with Crippen LogP contribution < -0.4 is 0 Å². The van der Waals surface area contributed by atoms with E-state index in [0.29, 0.717) is 17.1 Å². The molecule has 1 saturated carbocycles. The van der Waals surface area contributed by atoms with Gasteiger partial charge in [-0.15, -0.1) is 15.0 Å². The maximum Gasteiger partial charge on any atom is 0.226 e. The van der Waals surface area contributed by atoms with Gasteiger partial charge in [-0.05, 0) is 55.5 Å². The van der Waals surface area contributed by atoms with Gasteiger partial charge in [0.2, 0.25) is 5.91 Å². The average Bonchev–Trinajstić information content (AvgIpc) is 3.08. The molecule has 2 aromatic rings. The first-order valence-corrected chi connectivity index (χ1v) is 10.4. The second kappa shape index (κ2) is 8.51. The molecule has 1 aromatic carbocycles. The number of piperidine rings is 1. The number of aromatic nitrogens is 4. The number of rotatable bonds is 3. The molecule has 0 bridgehead atoms. The molecule has 1 saturated heterocycles. The van der Waals surface area contributed by atoms with Crippen LogP contribution in [-0.2, 0) is 4.79 Å². The van der Waals surface area contributed by atoms with Crippen LogP contribution in [0.4, 0.5) is 0 Å².